The molecule has 1 saturated heterocycles. The molecule has 80 valence electrons. The van der Waals surface area contributed by atoms with E-state index in [0.29, 0.717) is 6.04 Å². The van der Waals surface area contributed by atoms with Gasteiger partial charge in [0.2, 0.25) is 0 Å². The number of fused-ring (bicyclic) bond motifs is 1. The van der Waals surface area contributed by atoms with Gasteiger partial charge in [-0.1, -0.05) is 11.6 Å². The third-order valence-corrected chi connectivity index (χ3v) is 3.67. The summed E-state index contributed by atoms with van der Waals surface area (Å²) in [6.07, 6.45) is 2.55. The Morgan fingerprint density at radius 2 is 2.20 bits per heavy atom. The Hall–Kier alpha value is -0.730. The summed E-state index contributed by atoms with van der Waals surface area (Å²) < 4.78 is 0. The Morgan fingerprint density at radius 3 is 2.93 bits per heavy atom. The highest BCUT2D eigenvalue weighted by molar-refractivity contribution is 6.30. The Kier molecular flexibility index (Phi) is 2.33. The van der Waals surface area contributed by atoms with Crippen LogP contribution in [0.3, 0.4) is 0 Å². The molecule has 2 heterocycles. The molecular weight excluding hydrogens is 208 g/mol. The molecule has 0 radical (unpaired) electrons. The van der Waals surface area contributed by atoms with Crippen molar-refractivity contribution in [2.75, 3.05) is 25.0 Å². The summed E-state index contributed by atoms with van der Waals surface area (Å²) in [4.78, 5) is 2.55. The topological polar surface area (TPSA) is 15.3 Å². The largest absolute Gasteiger partial charge is 0.385 e. The van der Waals surface area contributed by atoms with Gasteiger partial charge in [0.1, 0.15) is 0 Å². The van der Waals surface area contributed by atoms with E-state index in [0.717, 1.165) is 11.6 Å². The lowest BCUT2D eigenvalue weighted by Crippen LogP contribution is -2.42. The molecule has 1 N–H and O–H groups in total. The van der Waals surface area contributed by atoms with Gasteiger partial charge in [-0.05, 0) is 49.7 Å². The first-order valence-corrected chi connectivity index (χ1v) is 6.00. The zero-order chi connectivity index (χ0) is 10.3. The highest BCUT2D eigenvalue weighted by atomic mass is 35.5. The molecule has 1 atom stereocenters. The van der Waals surface area contributed by atoms with Gasteiger partial charge >= 0.3 is 0 Å². The first-order valence-electron chi connectivity index (χ1n) is 5.62. The summed E-state index contributed by atoms with van der Waals surface area (Å²) in [5.74, 6) is 0. The van der Waals surface area contributed by atoms with Crippen LogP contribution in [0.1, 0.15) is 24.4 Å². The Morgan fingerprint density at radius 1 is 1.33 bits per heavy atom. The van der Waals surface area contributed by atoms with Gasteiger partial charge in [0.25, 0.3) is 0 Å². The van der Waals surface area contributed by atoms with Gasteiger partial charge in [-0.15, -0.1) is 0 Å². The van der Waals surface area contributed by atoms with Crippen molar-refractivity contribution in [3.63, 3.8) is 0 Å². The van der Waals surface area contributed by atoms with Crippen LogP contribution in [0.15, 0.2) is 18.2 Å². The molecule has 0 saturated carbocycles. The van der Waals surface area contributed by atoms with Crippen molar-refractivity contribution < 1.29 is 0 Å². The Bertz CT molecular complexity index is 374. The number of nitrogens with one attached hydrogen (secondary N) is 1. The van der Waals surface area contributed by atoms with Crippen LogP contribution in [-0.2, 0) is 0 Å². The number of benzene rings is 1. The van der Waals surface area contributed by atoms with E-state index in [1.54, 1.807) is 0 Å². The average molecular weight is 223 g/mol. The second-order valence-electron chi connectivity index (χ2n) is 4.35. The molecule has 2 nitrogen and oxygen atoms in total. The number of hydrogen-bond acceptors (Lipinski definition) is 2. The van der Waals surface area contributed by atoms with Crippen LogP contribution >= 0.6 is 11.6 Å². The van der Waals surface area contributed by atoms with E-state index in [9.17, 15) is 0 Å². The fraction of sp³-hybridized carbons (Fsp3) is 0.500. The van der Waals surface area contributed by atoms with Gasteiger partial charge in [0.15, 0.2) is 0 Å². The van der Waals surface area contributed by atoms with Crippen LogP contribution in [0.5, 0.6) is 0 Å². The van der Waals surface area contributed by atoms with Crippen molar-refractivity contribution in [2.24, 2.45) is 0 Å². The van der Waals surface area contributed by atoms with Crippen molar-refractivity contribution in [3.8, 4) is 0 Å². The summed E-state index contributed by atoms with van der Waals surface area (Å²) in [6, 6.07) is 6.77. The van der Waals surface area contributed by atoms with E-state index < -0.39 is 0 Å². The molecule has 1 fully saturated rings. The van der Waals surface area contributed by atoms with Crippen LogP contribution < -0.4 is 5.32 Å². The lowest BCUT2D eigenvalue weighted by atomic mass is 9.94. The highest BCUT2D eigenvalue weighted by Gasteiger charge is 2.29. The molecule has 3 heteroatoms. The maximum atomic E-state index is 6.06. The summed E-state index contributed by atoms with van der Waals surface area (Å²) in [5.41, 5.74) is 2.65. The molecule has 0 spiro atoms. The van der Waals surface area contributed by atoms with Crippen LogP contribution in [0.25, 0.3) is 0 Å². The minimum Gasteiger partial charge on any atom is -0.385 e. The quantitative estimate of drug-likeness (QED) is 0.786. The van der Waals surface area contributed by atoms with Gasteiger partial charge in [-0.3, -0.25) is 4.90 Å². The second-order valence-corrected chi connectivity index (χ2v) is 4.79. The molecule has 1 unspecified atom stereocenters. The summed E-state index contributed by atoms with van der Waals surface area (Å²) >= 11 is 6.06. The SMILES string of the molecule is Clc1ccc2c(c1)C(N1CCC1)CCN2. The van der Waals surface area contributed by atoms with Crippen LogP contribution in [-0.4, -0.2) is 24.5 Å². The van der Waals surface area contributed by atoms with Crippen molar-refractivity contribution in [2.45, 2.75) is 18.9 Å². The molecular formula is C12H15ClN2. The molecule has 1 aromatic rings. The summed E-state index contributed by atoms with van der Waals surface area (Å²) in [6.45, 7) is 3.57. The lowest BCUT2D eigenvalue weighted by molar-refractivity contribution is 0.112. The number of rotatable bonds is 1. The maximum absolute atomic E-state index is 6.06. The summed E-state index contributed by atoms with van der Waals surface area (Å²) in [5, 5.41) is 4.29. The van der Waals surface area contributed by atoms with E-state index in [1.165, 1.54) is 37.2 Å². The van der Waals surface area contributed by atoms with E-state index in [1.807, 2.05) is 6.07 Å². The monoisotopic (exact) mass is 222 g/mol. The first kappa shape index (κ1) is 9.49. The fourth-order valence-corrected chi connectivity index (χ4v) is 2.68. The van der Waals surface area contributed by atoms with E-state index in [2.05, 4.69) is 22.3 Å². The third kappa shape index (κ3) is 1.62. The van der Waals surface area contributed by atoms with Crippen LogP contribution in [0.4, 0.5) is 5.69 Å². The van der Waals surface area contributed by atoms with Gasteiger partial charge in [0.05, 0.1) is 0 Å². The van der Waals surface area contributed by atoms with Gasteiger partial charge in [-0.2, -0.15) is 0 Å². The van der Waals surface area contributed by atoms with Crippen molar-refractivity contribution in [3.05, 3.63) is 28.8 Å². The molecule has 15 heavy (non-hydrogen) atoms. The maximum Gasteiger partial charge on any atom is 0.0410 e. The average Bonchev–Trinajstić information content (AvgIpc) is 2.16. The zero-order valence-corrected chi connectivity index (χ0v) is 9.43. The van der Waals surface area contributed by atoms with Crippen LogP contribution in [0.2, 0.25) is 5.02 Å². The molecule has 2 aliphatic heterocycles. The summed E-state index contributed by atoms with van der Waals surface area (Å²) in [7, 11) is 0. The molecule has 2 aliphatic rings. The number of nitrogens with zero attached hydrogens (tertiary/aromatic N) is 1. The van der Waals surface area contributed by atoms with E-state index in [-0.39, 0.29) is 0 Å². The molecule has 0 aliphatic carbocycles. The number of likely N-dealkylation sites (tertiary alicyclic amines) is 1. The molecule has 0 amide bonds. The second kappa shape index (κ2) is 3.69. The lowest BCUT2D eigenvalue weighted by Gasteiger charge is -2.41. The minimum absolute atomic E-state index is 0.591. The van der Waals surface area contributed by atoms with Crippen molar-refractivity contribution >= 4 is 17.3 Å². The van der Waals surface area contributed by atoms with E-state index >= 15 is 0 Å². The highest BCUT2D eigenvalue weighted by Crippen LogP contribution is 2.37. The van der Waals surface area contributed by atoms with Crippen LogP contribution in [0, 0.1) is 0 Å². The van der Waals surface area contributed by atoms with E-state index in [4.69, 9.17) is 11.6 Å². The molecule has 1 aromatic carbocycles. The normalized spacial score (nSPS) is 25.3. The predicted octanol–water partition coefficient (Wildman–Crippen LogP) is 2.90. The van der Waals surface area contributed by atoms with Gasteiger partial charge in [-0.25, -0.2) is 0 Å². The van der Waals surface area contributed by atoms with Crippen molar-refractivity contribution in [1.82, 2.24) is 4.90 Å². The smallest absolute Gasteiger partial charge is 0.0410 e. The van der Waals surface area contributed by atoms with Gasteiger partial charge in [0, 0.05) is 23.3 Å². The van der Waals surface area contributed by atoms with Crippen molar-refractivity contribution in [1.29, 1.82) is 0 Å². The number of hydrogen-bond donors (Lipinski definition) is 1. The Labute approximate surface area is 95.2 Å². The fourth-order valence-electron chi connectivity index (χ4n) is 2.50. The molecule has 0 bridgehead atoms. The first-order chi connectivity index (χ1) is 7.34. The zero-order valence-electron chi connectivity index (χ0n) is 8.67. The third-order valence-electron chi connectivity index (χ3n) is 3.44. The standard InChI is InChI=1S/C12H15ClN2/c13-9-2-3-11-10(8-9)12(4-5-14-11)15-6-1-7-15/h2-3,8,12,14H,1,4-7H2. The predicted molar refractivity (Wildman–Crippen MR) is 63.5 cm³/mol. The number of halogens is 1. The molecule has 0 aromatic heterocycles. The Balaban J connectivity index is 1.96. The van der Waals surface area contributed by atoms with Gasteiger partial charge < -0.3 is 5.32 Å². The molecule has 3 rings (SSSR count). The number of anilines is 1. The minimum atomic E-state index is 0.591.